The van der Waals surface area contributed by atoms with Crippen molar-refractivity contribution in [2.24, 2.45) is 5.92 Å². The minimum Gasteiger partial charge on any atom is -0.346 e. The van der Waals surface area contributed by atoms with Crippen LogP contribution in [0.3, 0.4) is 0 Å². The van der Waals surface area contributed by atoms with Crippen molar-refractivity contribution in [3.63, 3.8) is 0 Å². The van der Waals surface area contributed by atoms with Gasteiger partial charge in [-0.25, -0.2) is 4.98 Å². The van der Waals surface area contributed by atoms with Gasteiger partial charge in [0.2, 0.25) is 0 Å². The van der Waals surface area contributed by atoms with Crippen molar-refractivity contribution in [3.05, 3.63) is 40.5 Å². The number of thiazole rings is 1. The van der Waals surface area contributed by atoms with E-state index in [1.165, 1.54) is 24.2 Å². The maximum Gasteiger partial charge on any atom is 0.280 e. The van der Waals surface area contributed by atoms with Gasteiger partial charge in [0.05, 0.1) is 4.88 Å². The lowest BCUT2D eigenvalue weighted by molar-refractivity contribution is 0.0274. The second kappa shape index (κ2) is 6.47. The van der Waals surface area contributed by atoms with Crippen LogP contribution < -0.4 is 5.32 Å². The minimum absolute atomic E-state index is 0.0651. The summed E-state index contributed by atoms with van der Waals surface area (Å²) in [4.78, 5) is 20.3. The zero-order chi connectivity index (χ0) is 16.7. The van der Waals surface area contributed by atoms with Gasteiger partial charge in [-0.05, 0) is 38.3 Å². The van der Waals surface area contributed by atoms with Gasteiger partial charge in [-0.1, -0.05) is 29.8 Å². The maximum absolute atomic E-state index is 12.6. The summed E-state index contributed by atoms with van der Waals surface area (Å²) in [7, 11) is 0. The topological polar surface area (TPSA) is 45.2 Å². The van der Waals surface area contributed by atoms with Gasteiger partial charge in [-0.15, -0.1) is 11.3 Å². The Labute approximate surface area is 150 Å². The normalized spacial score (nSPS) is 28.8. The molecule has 2 aromatic rings. The Hall–Kier alpha value is -1.43. The Balaban J connectivity index is 1.47. The number of hydrogen-bond donors (Lipinski definition) is 1. The smallest absolute Gasteiger partial charge is 0.280 e. The minimum atomic E-state index is -0.0651. The van der Waals surface area contributed by atoms with Gasteiger partial charge in [-0.2, -0.15) is 0 Å². The highest BCUT2D eigenvalue weighted by atomic mass is 35.5. The summed E-state index contributed by atoms with van der Waals surface area (Å²) in [5.41, 5.74) is 0.923. The average molecular weight is 362 g/mol. The van der Waals surface area contributed by atoms with Crippen molar-refractivity contribution in [2.75, 3.05) is 13.1 Å². The van der Waals surface area contributed by atoms with Crippen LogP contribution >= 0.6 is 22.9 Å². The van der Waals surface area contributed by atoms with Crippen molar-refractivity contribution >= 4 is 28.8 Å². The van der Waals surface area contributed by atoms with Gasteiger partial charge in [0.15, 0.2) is 5.01 Å². The summed E-state index contributed by atoms with van der Waals surface area (Å²) in [6.07, 6.45) is 4.09. The number of piperidine rings is 3. The number of amides is 1. The predicted octanol–water partition coefficient (Wildman–Crippen LogP) is 3.68. The quantitative estimate of drug-likeness (QED) is 0.907. The van der Waals surface area contributed by atoms with E-state index in [1.807, 2.05) is 24.3 Å². The van der Waals surface area contributed by atoms with Crippen LogP contribution in [-0.4, -0.2) is 41.0 Å². The highest BCUT2D eigenvalue weighted by molar-refractivity contribution is 7.17. The highest BCUT2D eigenvalue weighted by Gasteiger charge is 2.39. The number of aromatic nitrogens is 1. The molecule has 1 amide bonds. The number of hydrogen-bond acceptors (Lipinski definition) is 4. The zero-order valence-electron chi connectivity index (χ0n) is 13.5. The maximum atomic E-state index is 12.6. The van der Waals surface area contributed by atoms with Gasteiger partial charge in [-0.3, -0.25) is 9.69 Å². The lowest BCUT2D eigenvalue weighted by Crippen LogP contribution is -2.60. The molecule has 126 valence electrons. The van der Waals surface area contributed by atoms with E-state index in [2.05, 4.69) is 22.1 Å². The van der Waals surface area contributed by atoms with Crippen LogP contribution in [0.2, 0.25) is 5.02 Å². The van der Waals surface area contributed by atoms with Crippen LogP contribution in [0.25, 0.3) is 10.4 Å². The molecule has 0 radical (unpaired) electrons. The number of halogens is 1. The third-order valence-corrected chi connectivity index (χ3v) is 6.57. The molecule has 1 aromatic heterocycles. The van der Waals surface area contributed by atoms with E-state index >= 15 is 0 Å². The molecule has 2 bridgehead atoms. The first-order valence-electron chi connectivity index (χ1n) is 8.37. The van der Waals surface area contributed by atoms with Gasteiger partial charge < -0.3 is 5.32 Å². The highest BCUT2D eigenvalue weighted by Crippen LogP contribution is 2.34. The van der Waals surface area contributed by atoms with Crippen LogP contribution in [0.15, 0.2) is 30.5 Å². The number of benzene rings is 1. The van der Waals surface area contributed by atoms with Crippen LogP contribution in [0.5, 0.6) is 0 Å². The molecule has 0 aliphatic carbocycles. The number of nitrogens with one attached hydrogen (secondary N) is 1. The molecule has 6 heteroatoms. The molecule has 3 saturated heterocycles. The molecule has 24 heavy (non-hydrogen) atoms. The van der Waals surface area contributed by atoms with Crippen molar-refractivity contribution < 1.29 is 4.79 Å². The molecular formula is C18H20ClN3OS. The van der Waals surface area contributed by atoms with Crippen molar-refractivity contribution in [3.8, 4) is 10.4 Å². The number of nitrogens with zero attached hydrogens (tertiary/aromatic N) is 2. The molecule has 3 fully saturated rings. The van der Waals surface area contributed by atoms with Crippen LogP contribution in [0, 0.1) is 5.92 Å². The first-order valence-corrected chi connectivity index (χ1v) is 9.57. The molecule has 3 aliphatic heterocycles. The number of rotatable bonds is 3. The zero-order valence-corrected chi connectivity index (χ0v) is 15.1. The second-order valence-corrected chi connectivity index (χ2v) is 8.16. The molecule has 4 nitrogen and oxygen atoms in total. The molecule has 3 unspecified atom stereocenters. The molecule has 4 heterocycles. The number of carbonyl (C=O) groups excluding carboxylic acids is 1. The fourth-order valence-electron chi connectivity index (χ4n) is 3.85. The molecule has 3 aliphatic rings. The van der Waals surface area contributed by atoms with Crippen molar-refractivity contribution in [2.45, 2.75) is 31.8 Å². The SMILES string of the molecule is CC1CC2CCN1C[C@@H]2NC(=O)c1ncc(-c2ccccc2Cl)s1. The third-order valence-electron chi connectivity index (χ3n) is 5.21. The second-order valence-electron chi connectivity index (χ2n) is 6.72. The summed E-state index contributed by atoms with van der Waals surface area (Å²) < 4.78 is 0. The Bertz CT molecular complexity index is 762. The third kappa shape index (κ3) is 2.96. The van der Waals surface area contributed by atoms with E-state index in [0.29, 0.717) is 22.0 Å². The van der Waals surface area contributed by atoms with E-state index in [-0.39, 0.29) is 11.9 Å². The summed E-state index contributed by atoms with van der Waals surface area (Å²) in [6.45, 7) is 4.40. The summed E-state index contributed by atoms with van der Waals surface area (Å²) in [5, 5.41) is 4.39. The van der Waals surface area contributed by atoms with E-state index in [4.69, 9.17) is 11.6 Å². The lowest BCUT2D eigenvalue weighted by atomic mass is 9.80. The molecular weight excluding hydrogens is 342 g/mol. The van der Waals surface area contributed by atoms with Gasteiger partial charge in [0.25, 0.3) is 5.91 Å². The Morgan fingerprint density at radius 3 is 2.96 bits per heavy atom. The van der Waals surface area contributed by atoms with Gasteiger partial charge in [0.1, 0.15) is 0 Å². The lowest BCUT2D eigenvalue weighted by Gasteiger charge is -2.48. The summed E-state index contributed by atoms with van der Waals surface area (Å²) in [6, 6.07) is 8.53. The van der Waals surface area contributed by atoms with Crippen molar-refractivity contribution in [1.29, 1.82) is 0 Å². The molecule has 0 spiro atoms. The van der Waals surface area contributed by atoms with Crippen LogP contribution in [0.1, 0.15) is 29.6 Å². The van der Waals surface area contributed by atoms with Crippen molar-refractivity contribution in [1.82, 2.24) is 15.2 Å². The fraction of sp³-hybridized carbons (Fsp3) is 0.444. The number of fused-ring (bicyclic) bond motifs is 3. The summed E-state index contributed by atoms with van der Waals surface area (Å²) in [5.74, 6) is 0.529. The van der Waals surface area contributed by atoms with E-state index in [1.54, 1.807) is 6.20 Å². The van der Waals surface area contributed by atoms with E-state index < -0.39 is 0 Å². The van der Waals surface area contributed by atoms with Gasteiger partial charge >= 0.3 is 0 Å². The standard InChI is InChI=1S/C18H20ClN3OS/c1-11-8-12-6-7-22(11)10-15(12)21-17(23)18-20-9-16(24-18)13-4-2-3-5-14(13)19/h2-5,9,11-12,15H,6-8,10H2,1H3,(H,21,23)/t11?,12?,15-/m0/s1. The average Bonchev–Trinajstić information content (AvgIpc) is 3.06. The molecule has 4 atom stereocenters. The Kier molecular flexibility index (Phi) is 4.33. The van der Waals surface area contributed by atoms with Gasteiger partial charge in [0, 0.05) is 35.4 Å². The molecule has 0 saturated carbocycles. The Morgan fingerprint density at radius 2 is 2.25 bits per heavy atom. The first kappa shape index (κ1) is 16.1. The number of carbonyl (C=O) groups is 1. The van der Waals surface area contributed by atoms with Crippen LogP contribution in [-0.2, 0) is 0 Å². The predicted molar refractivity (Wildman–Crippen MR) is 97.6 cm³/mol. The first-order chi connectivity index (χ1) is 11.6. The van der Waals surface area contributed by atoms with E-state index in [9.17, 15) is 4.79 Å². The van der Waals surface area contributed by atoms with E-state index in [0.717, 1.165) is 23.5 Å². The monoisotopic (exact) mass is 361 g/mol. The molecule has 5 rings (SSSR count). The molecule has 1 N–H and O–H groups in total. The molecule has 1 aromatic carbocycles. The largest absolute Gasteiger partial charge is 0.346 e. The fourth-order valence-corrected chi connectivity index (χ4v) is 5.01. The Morgan fingerprint density at radius 1 is 1.42 bits per heavy atom. The van der Waals surface area contributed by atoms with Crippen LogP contribution in [0.4, 0.5) is 0 Å². The summed E-state index contributed by atoms with van der Waals surface area (Å²) >= 11 is 7.63.